The van der Waals surface area contributed by atoms with Gasteiger partial charge in [-0.25, -0.2) is 9.97 Å². The number of anilines is 1. The van der Waals surface area contributed by atoms with Crippen LogP contribution >= 0.6 is 11.3 Å². The van der Waals surface area contributed by atoms with Crippen LogP contribution in [0.3, 0.4) is 0 Å². The lowest BCUT2D eigenvalue weighted by atomic mass is 10.3. The fourth-order valence-electron chi connectivity index (χ4n) is 2.23. The summed E-state index contributed by atoms with van der Waals surface area (Å²) in [5, 5.41) is 3.09. The number of fused-ring (bicyclic) bond motifs is 1. The van der Waals surface area contributed by atoms with Crippen LogP contribution in [0.15, 0.2) is 29.8 Å². The number of aromatic nitrogens is 3. The SMILES string of the molecule is CCOc1cccc2c1nc(N)n2CCc1nccs1. The van der Waals surface area contributed by atoms with E-state index in [0.717, 1.165) is 34.8 Å². The summed E-state index contributed by atoms with van der Waals surface area (Å²) in [6.07, 6.45) is 2.68. The van der Waals surface area contributed by atoms with Crippen molar-refractivity contribution in [2.45, 2.75) is 19.9 Å². The average Bonchev–Trinajstić information content (AvgIpc) is 3.05. The molecule has 0 unspecified atom stereocenters. The minimum Gasteiger partial charge on any atom is -0.492 e. The second-order valence-corrected chi connectivity index (χ2v) is 5.33. The topological polar surface area (TPSA) is 66.0 Å². The maximum Gasteiger partial charge on any atom is 0.201 e. The molecule has 0 aliphatic carbocycles. The van der Waals surface area contributed by atoms with E-state index in [4.69, 9.17) is 10.5 Å². The molecule has 5 nitrogen and oxygen atoms in total. The average molecular weight is 288 g/mol. The molecule has 0 bridgehead atoms. The number of aryl methyl sites for hydroxylation is 2. The van der Waals surface area contributed by atoms with Gasteiger partial charge in [-0.3, -0.25) is 0 Å². The molecule has 0 spiro atoms. The molecule has 0 aliphatic heterocycles. The van der Waals surface area contributed by atoms with Crippen molar-refractivity contribution in [3.63, 3.8) is 0 Å². The first kappa shape index (κ1) is 12.9. The van der Waals surface area contributed by atoms with Gasteiger partial charge in [0, 0.05) is 24.5 Å². The van der Waals surface area contributed by atoms with Crippen LogP contribution < -0.4 is 10.5 Å². The summed E-state index contributed by atoms with van der Waals surface area (Å²) in [5.41, 5.74) is 7.87. The van der Waals surface area contributed by atoms with Crippen LogP contribution in [0.4, 0.5) is 5.95 Å². The summed E-state index contributed by atoms with van der Waals surface area (Å²) < 4.78 is 7.61. The van der Waals surface area contributed by atoms with Crippen molar-refractivity contribution in [1.82, 2.24) is 14.5 Å². The number of thiazole rings is 1. The number of nitrogens with two attached hydrogens (primary N) is 1. The lowest BCUT2D eigenvalue weighted by Gasteiger charge is -2.06. The smallest absolute Gasteiger partial charge is 0.201 e. The fraction of sp³-hybridized carbons (Fsp3) is 0.286. The van der Waals surface area contributed by atoms with Crippen LogP contribution in [0.25, 0.3) is 11.0 Å². The Kier molecular flexibility index (Phi) is 3.56. The van der Waals surface area contributed by atoms with Crippen molar-refractivity contribution in [3.8, 4) is 5.75 Å². The predicted octanol–water partition coefficient (Wildman–Crippen LogP) is 2.72. The summed E-state index contributed by atoms with van der Waals surface area (Å²) in [6, 6.07) is 5.90. The highest BCUT2D eigenvalue weighted by atomic mass is 32.1. The summed E-state index contributed by atoms with van der Waals surface area (Å²) in [6.45, 7) is 3.35. The van der Waals surface area contributed by atoms with Crippen LogP contribution in [-0.4, -0.2) is 21.1 Å². The van der Waals surface area contributed by atoms with E-state index >= 15 is 0 Å². The molecule has 1 aromatic carbocycles. The van der Waals surface area contributed by atoms with Gasteiger partial charge in [-0.1, -0.05) is 6.07 Å². The van der Waals surface area contributed by atoms with Gasteiger partial charge in [0.1, 0.15) is 11.3 Å². The summed E-state index contributed by atoms with van der Waals surface area (Å²) in [7, 11) is 0. The third-order valence-electron chi connectivity index (χ3n) is 3.10. The molecule has 0 saturated carbocycles. The number of benzene rings is 1. The summed E-state index contributed by atoms with van der Waals surface area (Å²) in [4.78, 5) is 8.72. The third-order valence-corrected chi connectivity index (χ3v) is 3.94. The molecule has 0 aliphatic rings. The Labute approximate surface area is 121 Å². The number of rotatable bonds is 5. The van der Waals surface area contributed by atoms with Crippen molar-refractivity contribution >= 4 is 28.3 Å². The van der Waals surface area contributed by atoms with Crippen molar-refractivity contribution < 1.29 is 4.74 Å². The normalized spacial score (nSPS) is 11.1. The van der Waals surface area contributed by atoms with Gasteiger partial charge in [0.15, 0.2) is 0 Å². The van der Waals surface area contributed by atoms with Gasteiger partial charge in [-0.15, -0.1) is 11.3 Å². The van der Waals surface area contributed by atoms with Crippen molar-refractivity contribution in [1.29, 1.82) is 0 Å². The molecule has 0 atom stereocenters. The Bertz CT molecular complexity index is 705. The zero-order valence-corrected chi connectivity index (χ0v) is 12.1. The Balaban J connectivity index is 1.94. The number of hydrogen-bond donors (Lipinski definition) is 1. The van der Waals surface area contributed by atoms with Gasteiger partial charge in [-0.05, 0) is 19.1 Å². The number of ether oxygens (including phenoxy) is 1. The molecule has 0 saturated heterocycles. The first-order chi connectivity index (χ1) is 9.79. The van der Waals surface area contributed by atoms with Gasteiger partial charge in [0.05, 0.1) is 17.1 Å². The molecule has 20 heavy (non-hydrogen) atoms. The third kappa shape index (κ3) is 2.34. The quantitative estimate of drug-likeness (QED) is 0.784. The molecule has 2 N–H and O–H groups in total. The highest BCUT2D eigenvalue weighted by Gasteiger charge is 2.12. The van der Waals surface area contributed by atoms with Crippen molar-refractivity contribution in [3.05, 3.63) is 34.8 Å². The Morgan fingerprint density at radius 1 is 1.40 bits per heavy atom. The second kappa shape index (κ2) is 5.50. The summed E-state index contributed by atoms with van der Waals surface area (Å²) >= 11 is 1.66. The van der Waals surface area contributed by atoms with E-state index < -0.39 is 0 Å². The number of nitrogens with zero attached hydrogens (tertiary/aromatic N) is 3. The molecule has 3 aromatic rings. The summed E-state index contributed by atoms with van der Waals surface area (Å²) in [5.74, 6) is 1.30. The number of para-hydroxylation sites is 1. The Hall–Kier alpha value is -2.08. The highest BCUT2D eigenvalue weighted by molar-refractivity contribution is 7.09. The van der Waals surface area contributed by atoms with Crippen LogP contribution in [-0.2, 0) is 13.0 Å². The van der Waals surface area contributed by atoms with E-state index in [2.05, 4.69) is 9.97 Å². The maximum atomic E-state index is 6.04. The minimum absolute atomic E-state index is 0.517. The van der Waals surface area contributed by atoms with E-state index in [1.165, 1.54) is 0 Å². The van der Waals surface area contributed by atoms with Crippen LogP contribution in [0, 0.1) is 0 Å². The van der Waals surface area contributed by atoms with E-state index in [1.807, 2.05) is 41.3 Å². The van der Waals surface area contributed by atoms with Gasteiger partial charge in [-0.2, -0.15) is 0 Å². The molecule has 0 fully saturated rings. The standard InChI is InChI=1S/C14H16N4OS/c1-2-19-11-5-3-4-10-13(11)17-14(15)18(10)8-6-12-16-7-9-20-12/h3-5,7,9H,2,6,8H2,1H3,(H2,15,17). The Morgan fingerprint density at radius 3 is 3.05 bits per heavy atom. The number of imidazole rings is 1. The van der Waals surface area contributed by atoms with Gasteiger partial charge >= 0.3 is 0 Å². The molecule has 0 amide bonds. The van der Waals surface area contributed by atoms with Crippen molar-refractivity contribution in [2.24, 2.45) is 0 Å². The van der Waals surface area contributed by atoms with Crippen LogP contribution in [0.2, 0.25) is 0 Å². The van der Waals surface area contributed by atoms with E-state index in [-0.39, 0.29) is 0 Å². The minimum atomic E-state index is 0.517. The molecule has 2 aromatic heterocycles. The Morgan fingerprint density at radius 2 is 2.30 bits per heavy atom. The second-order valence-electron chi connectivity index (χ2n) is 4.35. The lowest BCUT2D eigenvalue weighted by Crippen LogP contribution is -2.05. The van der Waals surface area contributed by atoms with Gasteiger partial charge in [0.25, 0.3) is 0 Å². The molecule has 6 heteroatoms. The zero-order chi connectivity index (χ0) is 13.9. The fourth-order valence-corrected chi connectivity index (χ4v) is 2.84. The molecular formula is C14H16N4OS. The van der Waals surface area contributed by atoms with Crippen LogP contribution in [0.5, 0.6) is 5.75 Å². The zero-order valence-electron chi connectivity index (χ0n) is 11.2. The molecule has 2 heterocycles. The van der Waals surface area contributed by atoms with Crippen molar-refractivity contribution in [2.75, 3.05) is 12.3 Å². The van der Waals surface area contributed by atoms with E-state index in [9.17, 15) is 0 Å². The molecule has 104 valence electrons. The lowest BCUT2D eigenvalue weighted by molar-refractivity contribution is 0.343. The van der Waals surface area contributed by atoms with Gasteiger partial charge < -0.3 is 15.0 Å². The molecule has 0 radical (unpaired) electrons. The number of nitrogen functional groups attached to an aromatic ring is 1. The first-order valence-corrected chi connectivity index (χ1v) is 7.43. The van der Waals surface area contributed by atoms with Gasteiger partial charge in [0.2, 0.25) is 5.95 Å². The monoisotopic (exact) mass is 288 g/mol. The maximum absolute atomic E-state index is 6.04. The largest absolute Gasteiger partial charge is 0.492 e. The van der Waals surface area contributed by atoms with E-state index in [1.54, 1.807) is 11.3 Å². The first-order valence-electron chi connectivity index (χ1n) is 6.55. The highest BCUT2D eigenvalue weighted by Crippen LogP contribution is 2.27. The number of hydrogen-bond acceptors (Lipinski definition) is 5. The van der Waals surface area contributed by atoms with Crippen LogP contribution in [0.1, 0.15) is 11.9 Å². The van der Waals surface area contributed by atoms with E-state index in [0.29, 0.717) is 12.6 Å². The predicted molar refractivity (Wildman–Crippen MR) is 81.1 cm³/mol. The molecule has 3 rings (SSSR count). The molecular weight excluding hydrogens is 272 g/mol.